The summed E-state index contributed by atoms with van der Waals surface area (Å²) in [6, 6.07) is 23.6. The number of piperazine rings is 1. The van der Waals surface area contributed by atoms with E-state index in [1.807, 2.05) is 26.0 Å². The van der Waals surface area contributed by atoms with E-state index in [1.54, 1.807) is 4.90 Å². The molecule has 1 amide bonds. The van der Waals surface area contributed by atoms with Crippen molar-refractivity contribution in [3.63, 3.8) is 0 Å². The number of aromatic nitrogens is 2. The van der Waals surface area contributed by atoms with Crippen molar-refractivity contribution in [2.24, 2.45) is 0 Å². The van der Waals surface area contributed by atoms with Crippen molar-refractivity contribution in [3.05, 3.63) is 107 Å². The topological polar surface area (TPSA) is 49.3 Å². The van der Waals surface area contributed by atoms with Gasteiger partial charge in [0, 0.05) is 32.2 Å². The Morgan fingerprint density at radius 3 is 1.97 bits per heavy atom. The molecule has 1 aliphatic heterocycles. The molecular weight excluding hydrogens is 427 g/mol. The van der Waals surface area contributed by atoms with Crippen molar-refractivity contribution in [3.8, 4) is 0 Å². The van der Waals surface area contributed by atoms with Crippen molar-refractivity contribution in [2.75, 3.05) is 26.2 Å². The van der Waals surface area contributed by atoms with Gasteiger partial charge in [0.25, 0.3) is 5.91 Å². The summed E-state index contributed by atoms with van der Waals surface area (Å²) >= 11 is 0. The van der Waals surface area contributed by atoms with Crippen LogP contribution in [0.3, 0.4) is 0 Å². The van der Waals surface area contributed by atoms with Gasteiger partial charge in [-0.05, 0) is 31.0 Å². The number of benzene rings is 3. The largest absolute Gasteiger partial charge is 0.336 e. The van der Waals surface area contributed by atoms with Gasteiger partial charge in [-0.3, -0.25) is 9.69 Å². The minimum Gasteiger partial charge on any atom is -0.336 e. The molecule has 5 rings (SSSR count). The minimum absolute atomic E-state index is 0.117. The average molecular weight is 455 g/mol. The van der Waals surface area contributed by atoms with E-state index in [0.29, 0.717) is 24.1 Å². The van der Waals surface area contributed by atoms with Crippen molar-refractivity contribution >= 4 is 16.9 Å². The molecule has 34 heavy (non-hydrogen) atoms. The molecule has 3 aromatic carbocycles. The Bertz CT molecular complexity index is 1280. The van der Waals surface area contributed by atoms with Crippen LogP contribution in [0.15, 0.2) is 72.8 Å². The molecule has 1 saturated heterocycles. The van der Waals surface area contributed by atoms with Crippen LogP contribution in [0.25, 0.3) is 11.0 Å². The van der Waals surface area contributed by atoms with Gasteiger partial charge in [0.05, 0.1) is 28.5 Å². The van der Waals surface area contributed by atoms with Gasteiger partial charge in [0.2, 0.25) is 0 Å². The normalized spacial score (nSPS) is 14.6. The Hall–Kier alpha value is -3.64. The molecule has 0 atom stereocenters. The standard InChI is InChI=1S/C28H27FN4O/c1-19-20(2)31-26-24(17-23(29)18-25(26)30-19)28(34)33-15-13-32(14-16-33)27(21-9-5-3-6-10-21)22-11-7-4-8-12-22/h3-12,17-18,27H,13-16H2,1-2H3. The molecule has 1 fully saturated rings. The third kappa shape index (κ3) is 4.29. The fourth-order valence-corrected chi connectivity index (χ4v) is 4.70. The first-order valence-electron chi connectivity index (χ1n) is 11.6. The van der Waals surface area contributed by atoms with Crippen LogP contribution in [-0.4, -0.2) is 51.9 Å². The number of aryl methyl sites for hydroxylation is 2. The summed E-state index contributed by atoms with van der Waals surface area (Å²) in [5.41, 5.74) is 5.09. The molecule has 172 valence electrons. The highest BCUT2D eigenvalue weighted by atomic mass is 19.1. The van der Waals surface area contributed by atoms with E-state index in [9.17, 15) is 9.18 Å². The Balaban J connectivity index is 1.40. The first-order chi connectivity index (χ1) is 16.5. The number of carbonyl (C=O) groups is 1. The zero-order valence-corrected chi connectivity index (χ0v) is 19.4. The van der Waals surface area contributed by atoms with Gasteiger partial charge in [-0.15, -0.1) is 0 Å². The van der Waals surface area contributed by atoms with Gasteiger partial charge < -0.3 is 4.90 Å². The summed E-state index contributed by atoms with van der Waals surface area (Å²) < 4.78 is 14.4. The minimum atomic E-state index is -0.472. The van der Waals surface area contributed by atoms with Crippen molar-refractivity contribution in [1.82, 2.24) is 19.8 Å². The summed E-state index contributed by atoms with van der Waals surface area (Å²) in [6.07, 6.45) is 0. The summed E-state index contributed by atoms with van der Waals surface area (Å²) in [5, 5.41) is 0. The molecule has 0 N–H and O–H groups in total. The third-order valence-electron chi connectivity index (χ3n) is 6.57. The number of fused-ring (bicyclic) bond motifs is 1. The molecule has 1 aromatic heterocycles. The summed E-state index contributed by atoms with van der Waals surface area (Å²) in [6.45, 7) is 6.25. The predicted molar refractivity (Wildman–Crippen MR) is 131 cm³/mol. The Labute approximate surface area is 198 Å². The lowest BCUT2D eigenvalue weighted by Crippen LogP contribution is -2.50. The summed E-state index contributed by atoms with van der Waals surface area (Å²) in [5.74, 6) is -0.669. The van der Waals surface area contributed by atoms with Crippen molar-refractivity contribution in [1.29, 1.82) is 0 Å². The maximum absolute atomic E-state index is 14.4. The van der Waals surface area contributed by atoms with Gasteiger partial charge in [0.1, 0.15) is 11.3 Å². The lowest BCUT2D eigenvalue weighted by atomic mass is 9.96. The van der Waals surface area contributed by atoms with E-state index in [2.05, 4.69) is 63.4 Å². The zero-order chi connectivity index (χ0) is 23.7. The van der Waals surface area contributed by atoms with Crippen LogP contribution in [0.5, 0.6) is 0 Å². The number of carbonyl (C=O) groups excluding carboxylic acids is 1. The predicted octanol–water partition coefficient (Wildman–Crippen LogP) is 4.93. The number of nitrogens with zero attached hydrogens (tertiary/aromatic N) is 4. The zero-order valence-electron chi connectivity index (χ0n) is 19.4. The molecule has 2 heterocycles. The van der Waals surface area contributed by atoms with Crippen LogP contribution >= 0.6 is 0 Å². The van der Waals surface area contributed by atoms with Gasteiger partial charge in [-0.1, -0.05) is 60.7 Å². The second-order valence-corrected chi connectivity index (χ2v) is 8.77. The van der Waals surface area contributed by atoms with Crippen molar-refractivity contribution in [2.45, 2.75) is 19.9 Å². The fourth-order valence-electron chi connectivity index (χ4n) is 4.70. The van der Waals surface area contributed by atoms with Crippen LogP contribution in [0.1, 0.15) is 38.9 Å². The van der Waals surface area contributed by atoms with E-state index < -0.39 is 5.82 Å². The van der Waals surface area contributed by atoms with Crippen LogP contribution in [0, 0.1) is 19.7 Å². The fraction of sp³-hybridized carbons (Fsp3) is 0.250. The van der Waals surface area contributed by atoms with Crippen LogP contribution in [-0.2, 0) is 0 Å². The molecule has 6 heteroatoms. The molecule has 0 radical (unpaired) electrons. The van der Waals surface area contributed by atoms with E-state index >= 15 is 0 Å². The van der Waals surface area contributed by atoms with Crippen LogP contribution in [0.4, 0.5) is 4.39 Å². The first-order valence-corrected chi connectivity index (χ1v) is 11.6. The lowest BCUT2D eigenvalue weighted by Gasteiger charge is -2.39. The highest BCUT2D eigenvalue weighted by molar-refractivity contribution is 6.04. The maximum atomic E-state index is 14.4. The van der Waals surface area contributed by atoms with Gasteiger partial charge in [0.15, 0.2) is 0 Å². The van der Waals surface area contributed by atoms with E-state index in [0.717, 1.165) is 24.5 Å². The Morgan fingerprint density at radius 1 is 0.824 bits per heavy atom. The highest BCUT2D eigenvalue weighted by Crippen LogP contribution is 2.30. The number of hydrogen-bond donors (Lipinski definition) is 0. The highest BCUT2D eigenvalue weighted by Gasteiger charge is 2.29. The Kier molecular flexibility index (Phi) is 6.07. The van der Waals surface area contributed by atoms with Gasteiger partial charge in [-0.2, -0.15) is 0 Å². The molecule has 0 unspecified atom stereocenters. The molecule has 5 nitrogen and oxygen atoms in total. The number of halogens is 1. The quantitative estimate of drug-likeness (QED) is 0.439. The monoisotopic (exact) mass is 454 g/mol. The SMILES string of the molecule is Cc1nc2cc(F)cc(C(=O)N3CCN(C(c4ccccc4)c4ccccc4)CC3)c2nc1C. The second kappa shape index (κ2) is 9.31. The van der Waals surface area contributed by atoms with Gasteiger partial charge >= 0.3 is 0 Å². The van der Waals surface area contributed by atoms with Crippen LogP contribution in [0.2, 0.25) is 0 Å². The molecule has 0 saturated carbocycles. The second-order valence-electron chi connectivity index (χ2n) is 8.77. The number of hydrogen-bond acceptors (Lipinski definition) is 4. The molecule has 1 aliphatic rings. The first kappa shape index (κ1) is 22.2. The van der Waals surface area contributed by atoms with Gasteiger partial charge in [-0.25, -0.2) is 14.4 Å². The third-order valence-corrected chi connectivity index (χ3v) is 6.57. The van der Waals surface area contributed by atoms with E-state index in [-0.39, 0.29) is 17.5 Å². The maximum Gasteiger partial charge on any atom is 0.256 e. The molecular formula is C28H27FN4O. The molecule has 0 spiro atoms. The van der Waals surface area contributed by atoms with Crippen molar-refractivity contribution < 1.29 is 9.18 Å². The average Bonchev–Trinajstić information content (AvgIpc) is 2.86. The number of amides is 1. The Morgan fingerprint density at radius 2 is 1.38 bits per heavy atom. The molecule has 0 aliphatic carbocycles. The smallest absolute Gasteiger partial charge is 0.256 e. The van der Waals surface area contributed by atoms with Crippen LogP contribution < -0.4 is 0 Å². The summed E-state index contributed by atoms with van der Waals surface area (Å²) in [4.78, 5) is 26.7. The van der Waals surface area contributed by atoms with E-state index in [1.165, 1.54) is 23.3 Å². The summed E-state index contributed by atoms with van der Waals surface area (Å²) in [7, 11) is 0. The lowest BCUT2D eigenvalue weighted by molar-refractivity contribution is 0.0598. The molecule has 4 aromatic rings. The molecule has 0 bridgehead atoms. The number of rotatable bonds is 4. The van der Waals surface area contributed by atoms with E-state index in [4.69, 9.17) is 0 Å².